The fraction of sp³-hybridized carbons (Fsp3) is 0.345. The van der Waals surface area contributed by atoms with Gasteiger partial charge in [-0.15, -0.1) is 0 Å². The molecule has 0 radical (unpaired) electrons. The first-order valence-corrected chi connectivity index (χ1v) is 13.2. The Morgan fingerprint density at radius 1 is 1.11 bits per heavy atom. The minimum absolute atomic E-state index is 0.0755. The van der Waals surface area contributed by atoms with Crippen LogP contribution in [0.2, 0.25) is 0 Å². The second-order valence-electron chi connectivity index (χ2n) is 8.94. The van der Waals surface area contributed by atoms with Crippen LogP contribution in [0.1, 0.15) is 29.5 Å². The average molecular weight is 518 g/mol. The number of ether oxygens (including phenoxy) is 3. The van der Waals surface area contributed by atoms with Crippen LogP contribution < -0.4 is 14.8 Å². The first-order chi connectivity index (χ1) is 17.9. The largest absolute Gasteiger partial charge is 0.493 e. The Balaban J connectivity index is 1.71. The summed E-state index contributed by atoms with van der Waals surface area (Å²) in [5.41, 5.74) is 5.94. The normalized spacial score (nSPS) is 14.7. The number of amides is 1. The zero-order chi connectivity index (χ0) is 26.4. The number of aromatic nitrogens is 1. The van der Waals surface area contributed by atoms with Crippen LogP contribution in [0, 0.1) is 25.2 Å². The fourth-order valence-electron chi connectivity index (χ4n) is 4.23. The van der Waals surface area contributed by atoms with Gasteiger partial charge in [0.15, 0.2) is 11.5 Å². The fourth-order valence-corrected chi connectivity index (χ4v) is 5.06. The van der Waals surface area contributed by atoms with Crippen LogP contribution in [0.5, 0.6) is 11.5 Å². The second-order valence-corrected chi connectivity index (χ2v) is 9.91. The molecule has 1 fully saturated rings. The molecule has 1 atom stereocenters. The van der Waals surface area contributed by atoms with E-state index in [9.17, 15) is 10.1 Å². The van der Waals surface area contributed by atoms with Crippen molar-refractivity contribution in [3.8, 4) is 40.0 Å². The summed E-state index contributed by atoms with van der Waals surface area (Å²) in [6.07, 6.45) is 2.06. The van der Waals surface area contributed by atoms with E-state index < -0.39 is 0 Å². The van der Waals surface area contributed by atoms with Gasteiger partial charge in [0.1, 0.15) is 11.1 Å². The number of aryl methyl sites for hydroxylation is 2. The smallest absolute Gasteiger partial charge is 0.230 e. The maximum absolute atomic E-state index is 12.6. The number of hydrogen-bond donors (Lipinski definition) is 1. The predicted molar refractivity (Wildman–Crippen MR) is 145 cm³/mol. The number of carbonyl (C=O) groups is 1. The van der Waals surface area contributed by atoms with E-state index >= 15 is 0 Å². The molecule has 0 aliphatic carbocycles. The number of benzene rings is 2. The van der Waals surface area contributed by atoms with Gasteiger partial charge >= 0.3 is 0 Å². The van der Waals surface area contributed by atoms with Crippen molar-refractivity contribution >= 4 is 17.7 Å². The summed E-state index contributed by atoms with van der Waals surface area (Å²) in [5, 5.41) is 13.6. The molecule has 3 aromatic rings. The lowest BCUT2D eigenvalue weighted by Gasteiger charge is -2.15. The third-order valence-corrected chi connectivity index (χ3v) is 7.46. The monoisotopic (exact) mass is 517 g/mol. The van der Waals surface area contributed by atoms with Crippen molar-refractivity contribution in [2.45, 2.75) is 37.8 Å². The predicted octanol–water partition coefficient (Wildman–Crippen LogP) is 5.31. The number of methoxy groups -OCH3 is 2. The lowest BCUT2D eigenvalue weighted by Crippen LogP contribution is -2.32. The number of pyridine rings is 1. The quantitative estimate of drug-likeness (QED) is 0.385. The summed E-state index contributed by atoms with van der Waals surface area (Å²) < 4.78 is 16.5. The molecule has 1 N–H and O–H groups in total. The molecule has 7 nitrogen and oxygen atoms in total. The van der Waals surface area contributed by atoms with E-state index in [-0.39, 0.29) is 17.8 Å². The molecule has 0 saturated carbocycles. The number of hydrogen-bond acceptors (Lipinski definition) is 7. The van der Waals surface area contributed by atoms with E-state index in [1.54, 1.807) is 14.2 Å². The highest BCUT2D eigenvalue weighted by Gasteiger charge is 2.20. The standard InChI is InChI=1S/C29H31N3O4S/c1-18-7-8-21(12-19(18)2)25-14-23(20-9-10-26(34-3)27(13-20)35-4)24(15-30)29(32-25)37-17-28(33)31-16-22-6-5-11-36-22/h7-10,12-14,22H,5-6,11,16-17H2,1-4H3,(H,31,33). The molecule has 0 spiro atoms. The van der Waals surface area contributed by atoms with Gasteiger partial charge in [-0.05, 0) is 67.6 Å². The van der Waals surface area contributed by atoms with Gasteiger partial charge in [0.05, 0.1) is 37.3 Å². The van der Waals surface area contributed by atoms with Crippen LogP contribution in [0.4, 0.5) is 0 Å². The summed E-state index contributed by atoms with van der Waals surface area (Å²) >= 11 is 1.26. The van der Waals surface area contributed by atoms with Crippen molar-refractivity contribution in [2.75, 3.05) is 33.1 Å². The molecule has 8 heteroatoms. The third kappa shape index (κ3) is 6.24. The Hall–Kier alpha value is -3.54. The summed E-state index contributed by atoms with van der Waals surface area (Å²) in [7, 11) is 3.16. The molecule has 2 aromatic carbocycles. The first-order valence-electron chi connectivity index (χ1n) is 12.2. The van der Waals surface area contributed by atoms with E-state index in [2.05, 4.69) is 37.4 Å². The molecule has 1 aliphatic heterocycles. The number of thioether (sulfide) groups is 1. The van der Waals surface area contributed by atoms with Gasteiger partial charge in [0.2, 0.25) is 5.91 Å². The van der Waals surface area contributed by atoms with Crippen molar-refractivity contribution < 1.29 is 19.0 Å². The summed E-state index contributed by atoms with van der Waals surface area (Å²) in [5.74, 6) is 1.20. The van der Waals surface area contributed by atoms with Crippen molar-refractivity contribution in [3.63, 3.8) is 0 Å². The van der Waals surface area contributed by atoms with Crippen LogP contribution in [0.3, 0.4) is 0 Å². The Bertz CT molecular complexity index is 1330. The molecular weight excluding hydrogens is 486 g/mol. The van der Waals surface area contributed by atoms with Gasteiger partial charge in [-0.25, -0.2) is 4.98 Å². The minimum atomic E-state index is -0.115. The molecule has 1 saturated heterocycles. The van der Waals surface area contributed by atoms with E-state index in [1.165, 1.54) is 17.3 Å². The Morgan fingerprint density at radius 2 is 1.89 bits per heavy atom. The third-order valence-electron chi connectivity index (χ3n) is 6.49. The molecule has 37 heavy (non-hydrogen) atoms. The van der Waals surface area contributed by atoms with Gasteiger partial charge in [-0.1, -0.05) is 30.0 Å². The molecule has 4 rings (SSSR count). The average Bonchev–Trinajstić information content (AvgIpc) is 3.45. The van der Waals surface area contributed by atoms with Crippen LogP contribution in [-0.2, 0) is 9.53 Å². The Labute approximate surface area is 222 Å². The molecular formula is C29H31N3O4S. The number of nitrogens with zero attached hydrogens (tertiary/aromatic N) is 2. The molecule has 0 bridgehead atoms. The number of carbonyl (C=O) groups excluding carboxylic acids is 1. The lowest BCUT2D eigenvalue weighted by atomic mass is 9.97. The van der Waals surface area contributed by atoms with Crippen LogP contribution >= 0.6 is 11.8 Å². The van der Waals surface area contributed by atoms with Gasteiger partial charge < -0.3 is 19.5 Å². The Morgan fingerprint density at radius 3 is 2.57 bits per heavy atom. The van der Waals surface area contributed by atoms with Crippen molar-refractivity contribution in [3.05, 3.63) is 59.2 Å². The lowest BCUT2D eigenvalue weighted by molar-refractivity contribution is -0.119. The van der Waals surface area contributed by atoms with Gasteiger partial charge in [0, 0.05) is 24.3 Å². The van der Waals surface area contributed by atoms with Crippen LogP contribution in [-0.4, -0.2) is 50.1 Å². The molecule has 1 aliphatic rings. The Kier molecular flexibility index (Phi) is 8.70. The van der Waals surface area contributed by atoms with E-state index in [0.29, 0.717) is 34.2 Å². The second kappa shape index (κ2) is 12.1. The zero-order valence-electron chi connectivity index (χ0n) is 21.6. The molecule has 2 heterocycles. The van der Waals surface area contributed by atoms with Crippen LogP contribution in [0.15, 0.2) is 47.5 Å². The summed E-state index contributed by atoms with van der Waals surface area (Å²) in [6.45, 7) is 5.37. The van der Waals surface area contributed by atoms with E-state index in [1.807, 2.05) is 30.3 Å². The first kappa shape index (κ1) is 26.5. The number of nitriles is 1. The number of rotatable bonds is 9. The van der Waals surface area contributed by atoms with E-state index in [4.69, 9.17) is 19.2 Å². The molecule has 1 aromatic heterocycles. The maximum atomic E-state index is 12.6. The van der Waals surface area contributed by atoms with E-state index in [0.717, 1.165) is 41.8 Å². The van der Waals surface area contributed by atoms with Crippen molar-refractivity contribution in [1.29, 1.82) is 5.26 Å². The van der Waals surface area contributed by atoms with Gasteiger partial charge in [-0.2, -0.15) is 5.26 Å². The highest BCUT2D eigenvalue weighted by atomic mass is 32.2. The summed E-state index contributed by atoms with van der Waals surface area (Å²) in [4.78, 5) is 17.4. The van der Waals surface area contributed by atoms with Crippen molar-refractivity contribution in [2.24, 2.45) is 0 Å². The maximum Gasteiger partial charge on any atom is 0.230 e. The highest BCUT2D eigenvalue weighted by Crippen LogP contribution is 2.38. The van der Waals surface area contributed by atoms with Gasteiger partial charge in [0.25, 0.3) is 0 Å². The van der Waals surface area contributed by atoms with Crippen molar-refractivity contribution in [1.82, 2.24) is 10.3 Å². The van der Waals surface area contributed by atoms with Gasteiger partial charge in [-0.3, -0.25) is 4.79 Å². The minimum Gasteiger partial charge on any atom is -0.493 e. The molecule has 192 valence electrons. The highest BCUT2D eigenvalue weighted by molar-refractivity contribution is 8.00. The summed E-state index contributed by atoms with van der Waals surface area (Å²) in [6, 6.07) is 16.0. The number of nitrogens with one attached hydrogen (secondary N) is 1. The SMILES string of the molecule is COc1ccc(-c2cc(-c3ccc(C)c(C)c3)nc(SCC(=O)NCC3CCCO3)c2C#N)cc1OC. The topological polar surface area (TPSA) is 93.5 Å². The molecule has 1 amide bonds. The zero-order valence-corrected chi connectivity index (χ0v) is 22.4. The van der Waals surface area contributed by atoms with Crippen LogP contribution in [0.25, 0.3) is 22.4 Å². The molecule has 1 unspecified atom stereocenters.